The smallest absolute Gasteiger partial charge is 0.387 e. The Labute approximate surface area is 173 Å². The van der Waals surface area contributed by atoms with Crippen molar-refractivity contribution in [2.45, 2.75) is 45.3 Å². The quantitative estimate of drug-likeness (QED) is 0.285. The maximum atomic E-state index is 12.0. The van der Waals surface area contributed by atoms with Gasteiger partial charge in [-0.15, -0.1) is 0 Å². The lowest BCUT2D eigenvalue weighted by molar-refractivity contribution is -0.0538. The normalized spacial score (nSPS) is 23.9. The minimum atomic E-state index is -4.80. The fourth-order valence-corrected chi connectivity index (χ4v) is 3.07. The number of hydrogen-bond donors (Lipinski definition) is 5. The van der Waals surface area contributed by atoms with Crippen molar-refractivity contribution >= 4 is 13.7 Å². The molecule has 2 rings (SSSR count). The number of rotatable bonds is 8. The Morgan fingerprint density at radius 1 is 1.27 bits per heavy atom. The standard InChI is InChI=1S/C10H14N3O9P.C6H15N/c11-8(16)5-9(17)13(2-1-12-5)10-7(15)6(14)4(22-10)3-21-23(18,19)20;1-4-7(5-2)6-3/h1-2,4,6-7,10,14-15H,3H2,(H2,11,16)(H2,18,19,20);4-6H2,1-3H3/t4-,6?,7?,10-;/m1./s1. The molecule has 0 saturated carbocycles. The van der Waals surface area contributed by atoms with Crippen LogP contribution in [0, 0.1) is 0 Å². The summed E-state index contributed by atoms with van der Waals surface area (Å²) in [6, 6.07) is 0. The van der Waals surface area contributed by atoms with E-state index in [0.29, 0.717) is 0 Å². The lowest BCUT2D eigenvalue weighted by Crippen LogP contribution is -2.38. The summed E-state index contributed by atoms with van der Waals surface area (Å²) in [7, 11) is -4.80. The number of aliphatic hydroxyl groups is 2. The second kappa shape index (κ2) is 11.6. The molecule has 1 aliphatic rings. The zero-order valence-electron chi connectivity index (χ0n) is 17.0. The summed E-state index contributed by atoms with van der Waals surface area (Å²) in [6.45, 7) is 9.40. The van der Waals surface area contributed by atoms with Crippen LogP contribution in [0.15, 0.2) is 17.2 Å². The molecular formula is C16H29N4O9P. The summed E-state index contributed by atoms with van der Waals surface area (Å²) in [6.07, 6.45) is -3.74. The molecule has 1 fully saturated rings. The molecule has 1 aliphatic heterocycles. The lowest BCUT2D eigenvalue weighted by atomic mass is 10.1. The molecule has 14 heteroatoms. The molecule has 13 nitrogen and oxygen atoms in total. The number of nitrogens with zero attached hydrogens (tertiary/aromatic N) is 3. The largest absolute Gasteiger partial charge is 0.469 e. The van der Waals surface area contributed by atoms with Crippen LogP contribution in [-0.2, 0) is 13.8 Å². The Morgan fingerprint density at radius 3 is 2.27 bits per heavy atom. The van der Waals surface area contributed by atoms with E-state index in [1.54, 1.807) is 0 Å². The molecule has 1 saturated heterocycles. The molecule has 4 atom stereocenters. The van der Waals surface area contributed by atoms with Crippen molar-refractivity contribution < 1.29 is 38.6 Å². The zero-order valence-corrected chi connectivity index (χ0v) is 17.9. The monoisotopic (exact) mass is 452 g/mol. The number of aliphatic hydroxyl groups excluding tert-OH is 2. The van der Waals surface area contributed by atoms with Gasteiger partial charge in [0.1, 0.15) is 18.3 Å². The Kier molecular flexibility index (Phi) is 10.2. The van der Waals surface area contributed by atoms with E-state index in [1.807, 2.05) is 0 Å². The first-order chi connectivity index (χ1) is 14.0. The third-order valence-electron chi connectivity index (χ3n) is 4.46. The molecule has 1 aromatic rings. The molecule has 0 bridgehead atoms. The van der Waals surface area contributed by atoms with Gasteiger partial charge >= 0.3 is 7.82 Å². The van der Waals surface area contributed by atoms with Crippen LogP contribution in [0.25, 0.3) is 0 Å². The molecule has 0 aliphatic carbocycles. The summed E-state index contributed by atoms with van der Waals surface area (Å²) >= 11 is 0. The number of aromatic nitrogens is 2. The van der Waals surface area contributed by atoms with Crippen molar-refractivity contribution in [1.82, 2.24) is 14.5 Å². The first-order valence-corrected chi connectivity index (χ1v) is 10.8. The number of nitrogens with two attached hydrogens (primary N) is 1. The van der Waals surface area contributed by atoms with Gasteiger partial charge in [0.25, 0.3) is 11.5 Å². The topological polar surface area (TPSA) is 198 Å². The molecule has 30 heavy (non-hydrogen) atoms. The van der Waals surface area contributed by atoms with E-state index in [4.69, 9.17) is 20.3 Å². The van der Waals surface area contributed by atoms with Crippen molar-refractivity contribution in [2.75, 3.05) is 26.2 Å². The fraction of sp³-hybridized carbons (Fsp3) is 0.688. The van der Waals surface area contributed by atoms with Gasteiger partial charge in [0.2, 0.25) is 0 Å². The van der Waals surface area contributed by atoms with Gasteiger partial charge in [0.05, 0.1) is 6.61 Å². The second-order valence-corrected chi connectivity index (χ2v) is 7.54. The minimum absolute atomic E-state index is 0.590. The molecule has 6 N–H and O–H groups in total. The summed E-state index contributed by atoms with van der Waals surface area (Å²) in [5, 5.41) is 19.8. The number of carbonyl (C=O) groups is 1. The zero-order chi connectivity index (χ0) is 23.1. The number of phosphoric ester groups is 1. The van der Waals surface area contributed by atoms with Crippen molar-refractivity contribution in [3.63, 3.8) is 0 Å². The van der Waals surface area contributed by atoms with Gasteiger partial charge in [-0.3, -0.25) is 18.7 Å². The minimum Gasteiger partial charge on any atom is -0.387 e. The van der Waals surface area contributed by atoms with E-state index in [-0.39, 0.29) is 0 Å². The van der Waals surface area contributed by atoms with Gasteiger partial charge in [-0.2, -0.15) is 0 Å². The number of phosphoric acid groups is 1. The van der Waals surface area contributed by atoms with Gasteiger partial charge in [-0.25, -0.2) is 9.55 Å². The van der Waals surface area contributed by atoms with E-state index in [1.165, 1.54) is 19.6 Å². The number of primary amides is 1. The van der Waals surface area contributed by atoms with E-state index >= 15 is 0 Å². The second-order valence-electron chi connectivity index (χ2n) is 6.30. The maximum absolute atomic E-state index is 12.0. The van der Waals surface area contributed by atoms with E-state index in [0.717, 1.165) is 17.0 Å². The van der Waals surface area contributed by atoms with Crippen LogP contribution < -0.4 is 11.3 Å². The van der Waals surface area contributed by atoms with Gasteiger partial charge in [-0.1, -0.05) is 20.8 Å². The number of hydrogen-bond acceptors (Lipinski definition) is 9. The van der Waals surface area contributed by atoms with Crippen LogP contribution in [0.5, 0.6) is 0 Å². The molecule has 2 heterocycles. The number of carbonyl (C=O) groups excluding carboxylic acids is 1. The predicted molar refractivity (Wildman–Crippen MR) is 104 cm³/mol. The molecule has 0 radical (unpaired) electrons. The van der Waals surface area contributed by atoms with Crippen LogP contribution in [0.1, 0.15) is 37.5 Å². The van der Waals surface area contributed by atoms with Crippen LogP contribution in [0.3, 0.4) is 0 Å². The molecule has 1 aromatic heterocycles. The summed E-state index contributed by atoms with van der Waals surface area (Å²) < 4.78 is 20.9. The molecule has 1 amide bonds. The van der Waals surface area contributed by atoms with Gasteiger partial charge < -0.3 is 35.4 Å². The number of ether oxygens (including phenoxy) is 1. The van der Waals surface area contributed by atoms with Crippen molar-refractivity contribution in [3.8, 4) is 0 Å². The Hall–Kier alpha value is -1.70. The first-order valence-electron chi connectivity index (χ1n) is 9.27. The SMILES string of the molecule is CCN(CC)CC.NC(=O)c1nccn([C@@H]2O[C@H](COP(=O)(O)O)C(O)C2O)c1=O. The highest BCUT2D eigenvalue weighted by Gasteiger charge is 2.45. The van der Waals surface area contributed by atoms with Crippen LogP contribution in [0.4, 0.5) is 0 Å². The summed E-state index contributed by atoms with van der Waals surface area (Å²) in [4.78, 5) is 46.3. The van der Waals surface area contributed by atoms with Crippen LogP contribution >= 0.6 is 7.82 Å². The average molecular weight is 452 g/mol. The molecule has 2 unspecified atom stereocenters. The Bertz CT molecular complexity index is 790. The van der Waals surface area contributed by atoms with E-state index in [9.17, 15) is 24.4 Å². The van der Waals surface area contributed by atoms with Crippen molar-refractivity contribution in [2.24, 2.45) is 5.73 Å². The average Bonchev–Trinajstić information content (AvgIpc) is 2.96. The Balaban J connectivity index is 0.000000553. The maximum Gasteiger partial charge on any atom is 0.469 e. The molecule has 172 valence electrons. The van der Waals surface area contributed by atoms with Crippen molar-refractivity contribution in [3.05, 3.63) is 28.4 Å². The van der Waals surface area contributed by atoms with Gasteiger partial charge in [0.15, 0.2) is 11.9 Å². The van der Waals surface area contributed by atoms with Crippen molar-refractivity contribution in [1.29, 1.82) is 0 Å². The van der Waals surface area contributed by atoms with E-state index in [2.05, 4.69) is 35.2 Å². The van der Waals surface area contributed by atoms with Crippen LogP contribution in [0.2, 0.25) is 0 Å². The highest BCUT2D eigenvalue weighted by molar-refractivity contribution is 7.46. The highest BCUT2D eigenvalue weighted by Crippen LogP contribution is 2.38. The fourth-order valence-electron chi connectivity index (χ4n) is 2.73. The molecule has 0 aromatic carbocycles. The van der Waals surface area contributed by atoms with Gasteiger partial charge in [-0.05, 0) is 19.6 Å². The molecule has 0 spiro atoms. The molecular weight excluding hydrogens is 423 g/mol. The van der Waals surface area contributed by atoms with Gasteiger partial charge in [0, 0.05) is 12.4 Å². The first kappa shape index (κ1) is 26.3. The van der Waals surface area contributed by atoms with E-state index < -0.39 is 56.1 Å². The third-order valence-corrected chi connectivity index (χ3v) is 4.95. The highest BCUT2D eigenvalue weighted by atomic mass is 31.2. The Morgan fingerprint density at radius 2 is 1.83 bits per heavy atom. The number of amides is 1. The van der Waals surface area contributed by atoms with Crippen LogP contribution in [-0.4, -0.2) is 84.9 Å². The lowest BCUT2D eigenvalue weighted by Gasteiger charge is -2.17. The third kappa shape index (κ3) is 7.22. The predicted octanol–water partition coefficient (Wildman–Crippen LogP) is -1.58. The summed E-state index contributed by atoms with van der Waals surface area (Å²) in [5.74, 6) is -1.08. The summed E-state index contributed by atoms with van der Waals surface area (Å²) in [5.41, 5.74) is 3.45.